The van der Waals surface area contributed by atoms with Crippen LogP contribution >= 0.6 is 0 Å². The molecule has 5 nitrogen and oxygen atoms in total. The van der Waals surface area contributed by atoms with Crippen molar-refractivity contribution in [3.63, 3.8) is 0 Å². The second-order valence-corrected chi connectivity index (χ2v) is 10.1. The van der Waals surface area contributed by atoms with E-state index in [1.54, 1.807) is 0 Å². The second-order valence-electron chi connectivity index (χ2n) is 10.1. The first kappa shape index (κ1) is 16.9. The van der Waals surface area contributed by atoms with E-state index in [0.717, 1.165) is 56.5 Å². The highest BCUT2D eigenvalue weighted by Crippen LogP contribution is 2.59. The number of hydrogen-bond acceptors (Lipinski definition) is 2. The highest BCUT2D eigenvalue weighted by atomic mass is 16.2. The van der Waals surface area contributed by atoms with Gasteiger partial charge >= 0.3 is 6.03 Å². The molecular weight excluding hydrogens is 326 g/mol. The van der Waals surface area contributed by atoms with E-state index >= 15 is 0 Å². The van der Waals surface area contributed by atoms with Gasteiger partial charge in [-0.2, -0.15) is 0 Å². The van der Waals surface area contributed by atoms with Gasteiger partial charge in [-0.05, 0) is 87.4 Å². The van der Waals surface area contributed by atoms with Crippen LogP contribution in [0.25, 0.3) is 0 Å². The van der Waals surface area contributed by atoms with Crippen molar-refractivity contribution in [2.24, 2.45) is 29.1 Å². The topological polar surface area (TPSA) is 61.4 Å². The molecule has 0 aromatic rings. The van der Waals surface area contributed by atoms with E-state index in [2.05, 4.69) is 10.6 Å². The lowest BCUT2D eigenvalue weighted by Gasteiger charge is -2.57. The van der Waals surface area contributed by atoms with Crippen LogP contribution in [0.4, 0.5) is 4.79 Å². The summed E-state index contributed by atoms with van der Waals surface area (Å²) in [6.07, 6.45) is 12.4. The van der Waals surface area contributed by atoms with Crippen molar-refractivity contribution in [3.8, 4) is 0 Å². The minimum atomic E-state index is -0.0188. The van der Waals surface area contributed by atoms with Crippen molar-refractivity contribution in [1.82, 2.24) is 15.5 Å². The highest BCUT2D eigenvalue weighted by Gasteiger charge is 2.50. The summed E-state index contributed by atoms with van der Waals surface area (Å²) in [5.41, 5.74) is 0.378. The van der Waals surface area contributed by atoms with Gasteiger partial charge in [-0.1, -0.05) is 0 Å². The van der Waals surface area contributed by atoms with E-state index in [4.69, 9.17) is 0 Å². The molecule has 0 spiro atoms. The quantitative estimate of drug-likeness (QED) is 0.811. The van der Waals surface area contributed by atoms with E-state index in [-0.39, 0.29) is 17.9 Å². The number of likely N-dealkylation sites (tertiary alicyclic amines) is 1. The Morgan fingerprint density at radius 2 is 1.62 bits per heavy atom. The Labute approximate surface area is 156 Å². The normalized spacial score (nSPS) is 41.2. The predicted molar refractivity (Wildman–Crippen MR) is 99.5 cm³/mol. The molecule has 5 saturated carbocycles. The van der Waals surface area contributed by atoms with Crippen molar-refractivity contribution in [1.29, 1.82) is 0 Å². The summed E-state index contributed by atoms with van der Waals surface area (Å²) in [6.45, 7) is 2.23. The van der Waals surface area contributed by atoms with Crippen LogP contribution in [0.1, 0.15) is 64.2 Å². The summed E-state index contributed by atoms with van der Waals surface area (Å²) in [5, 5.41) is 6.38. The number of hydrogen-bond donors (Lipinski definition) is 2. The summed E-state index contributed by atoms with van der Waals surface area (Å²) in [7, 11) is 0. The average Bonchev–Trinajstić information content (AvgIpc) is 3.43. The van der Waals surface area contributed by atoms with E-state index in [0.29, 0.717) is 18.0 Å². The van der Waals surface area contributed by atoms with Gasteiger partial charge in [0.1, 0.15) is 0 Å². The molecule has 0 aromatic heterocycles. The Hall–Kier alpha value is -1.26. The zero-order valence-electron chi connectivity index (χ0n) is 15.8. The molecule has 1 aliphatic heterocycles. The van der Waals surface area contributed by atoms with Gasteiger partial charge in [0.2, 0.25) is 5.91 Å². The molecule has 1 atom stereocenters. The molecule has 0 aromatic carbocycles. The van der Waals surface area contributed by atoms with Gasteiger partial charge in [-0.15, -0.1) is 0 Å². The van der Waals surface area contributed by atoms with Crippen LogP contribution in [0.15, 0.2) is 0 Å². The van der Waals surface area contributed by atoms with Crippen molar-refractivity contribution < 1.29 is 9.59 Å². The smallest absolute Gasteiger partial charge is 0.317 e. The number of carbonyl (C=O) groups is 2. The standard InChI is InChI=1S/C21H33N3O2/c25-19(23-18-3-4-18)17-2-1-5-24(12-17)20(26)22-13-21-9-14-6-15(10-21)8-16(7-14)11-21/h14-18H,1-13H2,(H,22,26)(H,23,25). The van der Waals surface area contributed by atoms with Crippen LogP contribution in [-0.2, 0) is 4.79 Å². The molecule has 1 heterocycles. The molecule has 1 saturated heterocycles. The number of carbonyl (C=O) groups excluding carboxylic acids is 2. The summed E-state index contributed by atoms with van der Waals surface area (Å²) < 4.78 is 0. The van der Waals surface area contributed by atoms with Crippen LogP contribution in [0.5, 0.6) is 0 Å². The summed E-state index contributed by atoms with van der Waals surface area (Å²) in [4.78, 5) is 27.0. The molecule has 5 heteroatoms. The van der Waals surface area contributed by atoms with Gasteiger partial charge in [-0.3, -0.25) is 4.79 Å². The number of nitrogens with one attached hydrogen (secondary N) is 2. The fourth-order valence-corrected chi connectivity index (χ4v) is 6.80. The third-order valence-electron chi connectivity index (χ3n) is 7.78. The maximum absolute atomic E-state index is 12.8. The van der Waals surface area contributed by atoms with Crippen LogP contribution in [-0.4, -0.2) is 42.5 Å². The Morgan fingerprint density at radius 3 is 2.23 bits per heavy atom. The van der Waals surface area contributed by atoms with Gasteiger partial charge in [-0.25, -0.2) is 4.79 Å². The maximum Gasteiger partial charge on any atom is 0.317 e. The molecule has 6 fully saturated rings. The number of nitrogens with zero attached hydrogens (tertiary/aromatic N) is 1. The second kappa shape index (κ2) is 6.42. The molecule has 6 aliphatic rings. The van der Waals surface area contributed by atoms with Crippen LogP contribution < -0.4 is 10.6 Å². The van der Waals surface area contributed by atoms with Gasteiger partial charge in [0, 0.05) is 25.7 Å². The van der Waals surface area contributed by atoms with E-state index < -0.39 is 0 Å². The van der Waals surface area contributed by atoms with E-state index in [1.165, 1.54) is 38.5 Å². The lowest BCUT2D eigenvalue weighted by atomic mass is 9.49. The number of amides is 3. The van der Waals surface area contributed by atoms with Gasteiger partial charge < -0.3 is 15.5 Å². The molecule has 4 bridgehead atoms. The molecule has 1 unspecified atom stereocenters. The van der Waals surface area contributed by atoms with Gasteiger partial charge in [0.15, 0.2) is 0 Å². The molecule has 0 radical (unpaired) electrons. The molecule has 26 heavy (non-hydrogen) atoms. The molecule has 5 aliphatic carbocycles. The largest absolute Gasteiger partial charge is 0.353 e. The van der Waals surface area contributed by atoms with Crippen molar-refractivity contribution in [2.45, 2.75) is 70.3 Å². The van der Waals surface area contributed by atoms with Gasteiger partial charge in [0.25, 0.3) is 0 Å². The summed E-state index contributed by atoms with van der Waals surface area (Å²) in [5.74, 6) is 2.90. The summed E-state index contributed by atoms with van der Waals surface area (Å²) in [6, 6.07) is 0.465. The SMILES string of the molecule is O=C(NC1CC1)C1CCCN(C(=O)NCC23CC4CC(CC(C4)C2)C3)C1. The molecule has 2 N–H and O–H groups in total. The van der Waals surface area contributed by atoms with Crippen LogP contribution in [0.2, 0.25) is 0 Å². The Kier molecular flexibility index (Phi) is 4.17. The van der Waals surface area contributed by atoms with Crippen molar-refractivity contribution in [3.05, 3.63) is 0 Å². The monoisotopic (exact) mass is 359 g/mol. The maximum atomic E-state index is 12.8. The van der Waals surface area contributed by atoms with Gasteiger partial charge in [0.05, 0.1) is 5.92 Å². The Bertz CT molecular complexity index is 551. The van der Waals surface area contributed by atoms with Crippen molar-refractivity contribution in [2.75, 3.05) is 19.6 Å². The Balaban J connectivity index is 1.15. The number of piperidine rings is 1. The lowest BCUT2D eigenvalue weighted by Crippen LogP contribution is -2.54. The fraction of sp³-hybridized carbons (Fsp3) is 0.905. The number of urea groups is 1. The van der Waals surface area contributed by atoms with E-state index in [1.807, 2.05) is 4.90 Å². The lowest BCUT2D eigenvalue weighted by molar-refractivity contribution is -0.126. The minimum absolute atomic E-state index is 0.0188. The van der Waals surface area contributed by atoms with E-state index in [9.17, 15) is 9.59 Å². The third-order valence-corrected chi connectivity index (χ3v) is 7.78. The average molecular weight is 360 g/mol. The molecule has 3 amide bonds. The third kappa shape index (κ3) is 3.34. The fourth-order valence-electron chi connectivity index (χ4n) is 6.80. The first-order valence-electron chi connectivity index (χ1n) is 10.9. The zero-order chi connectivity index (χ0) is 17.7. The Morgan fingerprint density at radius 1 is 0.962 bits per heavy atom. The molecule has 6 rings (SSSR count). The number of rotatable bonds is 4. The first-order chi connectivity index (χ1) is 12.6. The van der Waals surface area contributed by atoms with Crippen molar-refractivity contribution >= 4 is 11.9 Å². The predicted octanol–water partition coefficient (Wildman–Crippen LogP) is 2.90. The molecular formula is C21H33N3O2. The summed E-state index contributed by atoms with van der Waals surface area (Å²) >= 11 is 0. The molecule has 144 valence electrons. The van der Waals surface area contributed by atoms with Crippen LogP contribution in [0, 0.1) is 29.1 Å². The minimum Gasteiger partial charge on any atom is -0.353 e. The highest BCUT2D eigenvalue weighted by molar-refractivity contribution is 5.81. The first-order valence-corrected chi connectivity index (χ1v) is 10.9. The van der Waals surface area contributed by atoms with Crippen LogP contribution in [0.3, 0.4) is 0 Å². The zero-order valence-corrected chi connectivity index (χ0v) is 15.8.